The van der Waals surface area contributed by atoms with Crippen LogP contribution in [0.5, 0.6) is 0 Å². The third-order valence-corrected chi connectivity index (χ3v) is 3.87. The molecule has 0 bridgehead atoms. The fourth-order valence-corrected chi connectivity index (χ4v) is 2.61. The highest BCUT2D eigenvalue weighted by molar-refractivity contribution is 7.99. The Kier molecular flexibility index (Phi) is 4.84. The summed E-state index contributed by atoms with van der Waals surface area (Å²) in [5, 5.41) is 15.0. The molecule has 19 heavy (non-hydrogen) atoms. The Hall–Kier alpha value is -1.50. The molecule has 104 valence electrons. The Morgan fingerprint density at radius 1 is 1.37 bits per heavy atom. The number of hydrogen-bond donors (Lipinski definition) is 2. The highest BCUT2D eigenvalue weighted by atomic mass is 32.2. The SMILES string of the molecule is O=C(O)CSCCNC(=O)c1noc2c1CCCC2. The molecule has 0 fully saturated rings. The fraction of sp³-hybridized carbons (Fsp3) is 0.583. The summed E-state index contributed by atoms with van der Waals surface area (Å²) >= 11 is 1.27. The number of carbonyl (C=O) groups is 2. The largest absolute Gasteiger partial charge is 0.481 e. The van der Waals surface area contributed by atoms with E-state index in [-0.39, 0.29) is 11.7 Å². The van der Waals surface area contributed by atoms with Crippen LogP contribution in [0.3, 0.4) is 0 Å². The Morgan fingerprint density at radius 2 is 2.16 bits per heavy atom. The van der Waals surface area contributed by atoms with Gasteiger partial charge >= 0.3 is 5.97 Å². The van der Waals surface area contributed by atoms with E-state index in [4.69, 9.17) is 9.63 Å². The van der Waals surface area contributed by atoms with E-state index in [1.54, 1.807) is 0 Å². The minimum Gasteiger partial charge on any atom is -0.481 e. The van der Waals surface area contributed by atoms with E-state index in [2.05, 4.69) is 10.5 Å². The number of amides is 1. The fourth-order valence-electron chi connectivity index (χ4n) is 2.04. The summed E-state index contributed by atoms with van der Waals surface area (Å²) < 4.78 is 5.17. The molecule has 0 aromatic carbocycles. The normalized spacial score (nSPS) is 13.9. The number of carboxylic acids is 1. The van der Waals surface area contributed by atoms with E-state index in [9.17, 15) is 9.59 Å². The van der Waals surface area contributed by atoms with Crippen LogP contribution >= 0.6 is 11.8 Å². The summed E-state index contributed by atoms with van der Waals surface area (Å²) in [6.45, 7) is 0.429. The molecule has 6 nitrogen and oxygen atoms in total. The number of rotatable bonds is 6. The van der Waals surface area contributed by atoms with E-state index in [0.717, 1.165) is 37.0 Å². The molecule has 0 saturated carbocycles. The third-order valence-electron chi connectivity index (χ3n) is 2.92. The van der Waals surface area contributed by atoms with Gasteiger partial charge in [-0.2, -0.15) is 0 Å². The van der Waals surface area contributed by atoms with Crippen LogP contribution in [-0.4, -0.2) is 40.2 Å². The summed E-state index contributed by atoms with van der Waals surface area (Å²) in [6.07, 6.45) is 3.83. The predicted octanol–water partition coefficient (Wildman–Crippen LogP) is 1.10. The van der Waals surface area contributed by atoms with Crippen LogP contribution in [0.25, 0.3) is 0 Å². The summed E-state index contributed by atoms with van der Waals surface area (Å²) in [5.74, 6) is 0.370. The molecular formula is C12H16N2O4S. The average molecular weight is 284 g/mol. The summed E-state index contributed by atoms with van der Waals surface area (Å²) in [5.41, 5.74) is 1.32. The van der Waals surface area contributed by atoms with Crippen LogP contribution in [-0.2, 0) is 17.6 Å². The van der Waals surface area contributed by atoms with E-state index >= 15 is 0 Å². The second-order valence-corrected chi connectivity index (χ2v) is 5.45. The van der Waals surface area contributed by atoms with Gasteiger partial charge in [0.05, 0.1) is 5.75 Å². The van der Waals surface area contributed by atoms with E-state index in [1.807, 2.05) is 0 Å². The lowest BCUT2D eigenvalue weighted by atomic mass is 9.96. The maximum atomic E-state index is 11.9. The molecule has 0 radical (unpaired) electrons. The van der Waals surface area contributed by atoms with Crippen molar-refractivity contribution in [3.8, 4) is 0 Å². The minimum absolute atomic E-state index is 0.0508. The van der Waals surface area contributed by atoms with Gasteiger partial charge in [0.15, 0.2) is 5.69 Å². The van der Waals surface area contributed by atoms with Gasteiger partial charge in [0.25, 0.3) is 5.91 Å². The highest BCUT2D eigenvalue weighted by Crippen LogP contribution is 2.23. The van der Waals surface area contributed by atoms with Gasteiger partial charge in [0, 0.05) is 24.3 Å². The van der Waals surface area contributed by atoms with Crippen LogP contribution in [0.1, 0.15) is 34.7 Å². The molecule has 1 aliphatic rings. The molecular weight excluding hydrogens is 268 g/mol. The molecule has 1 amide bonds. The Labute approximate surface area is 114 Å². The topological polar surface area (TPSA) is 92.4 Å². The highest BCUT2D eigenvalue weighted by Gasteiger charge is 2.23. The molecule has 0 unspecified atom stereocenters. The van der Waals surface area contributed by atoms with Crippen LogP contribution < -0.4 is 5.32 Å². The monoisotopic (exact) mass is 284 g/mol. The van der Waals surface area contributed by atoms with Crippen molar-refractivity contribution in [3.05, 3.63) is 17.0 Å². The zero-order valence-electron chi connectivity index (χ0n) is 10.5. The van der Waals surface area contributed by atoms with Gasteiger partial charge in [-0.3, -0.25) is 9.59 Å². The number of carboxylic acid groups (broad SMARTS) is 1. The number of nitrogens with zero attached hydrogens (tertiary/aromatic N) is 1. The zero-order valence-corrected chi connectivity index (χ0v) is 11.3. The maximum absolute atomic E-state index is 11.9. The first kappa shape index (κ1) is 13.9. The smallest absolute Gasteiger partial charge is 0.313 e. The molecule has 1 aromatic heterocycles. The molecule has 0 saturated heterocycles. The first-order valence-electron chi connectivity index (χ1n) is 6.23. The van der Waals surface area contributed by atoms with Gasteiger partial charge in [-0.1, -0.05) is 5.16 Å². The second kappa shape index (κ2) is 6.60. The first-order chi connectivity index (χ1) is 9.18. The quantitative estimate of drug-likeness (QED) is 0.760. The van der Waals surface area contributed by atoms with Gasteiger partial charge in [0.1, 0.15) is 5.76 Å². The van der Waals surface area contributed by atoms with Crippen molar-refractivity contribution in [2.75, 3.05) is 18.1 Å². The number of aliphatic carboxylic acids is 1. The van der Waals surface area contributed by atoms with Crippen LogP contribution in [0.4, 0.5) is 0 Å². The van der Waals surface area contributed by atoms with Crippen molar-refractivity contribution in [1.82, 2.24) is 10.5 Å². The average Bonchev–Trinajstić information content (AvgIpc) is 2.81. The lowest BCUT2D eigenvalue weighted by molar-refractivity contribution is -0.133. The van der Waals surface area contributed by atoms with Crippen molar-refractivity contribution in [3.63, 3.8) is 0 Å². The number of carbonyl (C=O) groups excluding carboxylic acids is 1. The lowest BCUT2D eigenvalue weighted by Crippen LogP contribution is -2.27. The van der Waals surface area contributed by atoms with Crippen LogP contribution in [0.15, 0.2) is 4.52 Å². The van der Waals surface area contributed by atoms with Crippen molar-refractivity contribution in [2.45, 2.75) is 25.7 Å². The van der Waals surface area contributed by atoms with E-state index in [1.165, 1.54) is 11.8 Å². The number of thioether (sulfide) groups is 1. The van der Waals surface area contributed by atoms with Crippen molar-refractivity contribution in [2.24, 2.45) is 0 Å². The molecule has 2 rings (SSSR count). The second-order valence-electron chi connectivity index (χ2n) is 4.34. The molecule has 0 atom stereocenters. The number of hydrogen-bond acceptors (Lipinski definition) is 5. The Morgan fingerprint density at radius 3 is 2.95 bits per heavy atom. The summed E-state index contributed by atoms with van der Waals surface area (Å²) in [7, 11) is 0. The molecule has 1 aromatic rings. The van der Waals surface area contributed by atoms with Crippen LogP contribution in [0.2, 0.25) is 0 Å². The lowest BCUT2D eigenvalue weighted by Gasteiger charge is -2.09. The maximum Gasteiger partial charge on any atom is 0.313 e. The third kappa shape index (κ3) is 3.73. The Balaban J connectivity index is 1.80. The van der Waals surface area contributed by atoms with Gasteiger partial charge in [-0.15, -0.1) is 11.8 Å². The van der Waals surface area contributed by atoms with Crippen LogP contribution in [0, 0.1) is 0 Å². The van der Waals surface area contributed by atoms with E-state index < -0.39 is 5.97 Å². The minimum atomic E-state index is -0.845. The first-order valence-corrected chi connectivity index (χ1v) is 7.39. The predicted molar refractivity (Wildman–Crippen MR) is 70.4 cm³/mol. The van der Waals surface area contributed by atoms with E-state index in [0.29, 0.717) is 18.0 Å². The number of aromatic nitrogens is 1. The summed E-state index contributed by atoms with van der Waals surface area (Å²) in [6, 6.07) is 0. The standard InChI is InChI=1S/C12H16N2O4S/c15-10(16)7-19-6-5-13-12(17)11-8-3-1-2-4-9(8)18-14-11/h1-7H2,(H,13,17)(H,15,16). The van der Waals surface area contributed by atoms with Gasteiger partial charge in [-0.05, 0) is 19.3 Å². The number of fused-ring (bicyclic) bond motifs is 1. The van der Waals surface area contributed by atoms with Crippen molar-refractivity contribution >= 4 is 23.6 Å². The van der Waals surface area contributed by atoms with Crippen molar-refractivity contribution in [1.29, 1.82) is 0 Å². The van der Waals surface area contributed by atoms with Crippen molar-refractivity contribution < 1.29 is 19.2 Å². The van der Waals surface area contributed by atoms with Gasteiger partial charge < -0.3 is 14.9 Å². The molecule has 2 N–H and O–H groups in total. The molecule has 7 heteroatoms. The molecule has 0 aliphatic heterocycles. The number of aryl methyl sites for hydroxylation is 1. The van der Waals surface area contributed by atoms with Gasteiger partial charge in [0.2, 0.25) is 0 Å². The van der Waals surface area contributed by atoms with Gasteiger partial charge in [-0.25, -0.2) is 0 Å². The zero-order chi connectivity index (χ0) is 13.7. The molecule has 1 heterocycles. The number of nitrogens with one attached hydrogen (secondary N) is 1. The summed E-state index contributed by atoms with van der Waals surface area (Å²) in [4.78, 5) is 22.2. The molecule has 1 aliphatic carbocycles. The Bertz CT molecular complexity index is 472. The molecule has 0 spiro atoms.